The fourth-order valence-corrected chi connectivity index (χ4v) is 1.69. The molecular formula is C10H14N2O2. The van der Waals surface area contributed by atoms with Gasteiger partial charge in [-0.25, -0.2) is 0 Å². The smallest absolute Gasteiger partial charge is 0.257 e. The number of nitrogens with one attached hydrogen (secondary N) is 1. The molecule has 0 spiro atoms. The normalized spacial score (nSPS) is 22.4. The van der Waals surface area contributed by atoms with E-state index in [1.807, 2.05) is 11.8 Å². The topological polar surface area (TPSA) is 45.5 Å². The molecule has 1 saturated heterocycles. The first-order chi connectivity index (χ1) is 6.79. The molecule has 76 valence electrons. The molecule has 1 amide bonds. The van der Waals surface area contributed by atoms with Crippen LogP contribution in [-0.2, 0) is 0 Å². The lowest BCUT2D eigenvalue weighted by Gasteiger charge is -2.33. The van der Waals surface area contributed by atoms with E-state index in [0.717, 1.165) is 19.6 Å². The van der Waals surface area contributed by atoms with Gasteiger partial charge in [0.2, 0.25) is 0 Å². The van der Waals surface area contributed by atoms with E-state index in [4.69, 9.17) is 4.42 Å². The summed E-state index contributed by atoms with van der Waals surface area (Å²) in [5.41, 5.74) is 0.638. The number of carbonyl (C=O) groups excluding carboxylic acids is 1. The van der Waals surface area contributed by atoms with Crippen molar-refractivity contribution in [3.05, 3.63) is 24.2 Å². The van der Waals surface area contributed by atoms with Gasteiger partial charge in [-0.1, -0.05) is 0 Å². The monoisotopic (exact) mass is 194 g/mol. The van der Waals surface area contributed by atoms with Crippen molar-refractivity contribution >= 4 is 5.91 Å². The van der Waals surface area contributed by atoms with Gasteiger partial charge in [0.25, 0.3) is 5.91 Å². The number of hydrogen-bond acceptors (Lipinski definition) is 3. The number of nitrogens with zero attached hydrogens (tertiary/aromatic N) is 1. The van der Waals surface area contributed by atoms with Crippen LogP contribution in [0.2, 0.25) is 0 Å². The van der Waals surface area contributed by atoms with Crippen LogP contribution in [0.15, 0.2) is 23.0 Å². The Bertz CT molecular complexity index is 308. The summed E-state index contributed by atoms with van der Waals surface area (Å²) in [6.07, 6.45) is 3.02. The van der Waals surface area contributed by atoms with Gasteiger partial charge >= 0.3 is 0 Å². The Morgan fingerprint density at radius 1 is 1.71 bits per heavy atom. The molecule has 0 aromatic carbocycles. The standard InChI is InChI=1S/C10H14N2O2/c1-8-6-11-3-4-12(8)10(13)9-2-5-14-7-9/h2,5,7-8,11H,3-4,6H2,1H3/t8-/m0/s1. The molecule has 14 heavy (non-hydrogen) atoms. The maximum atomic E-state index is 11.9. The van der Waals surface area contributed by atoms with E-state index in [1.54, 1.807) is 6.07 Å². The molecule has 4 heteroatoms. The maximum absolute atomic E-state index is 11.9. The van der Waals surface area contributed by atoms with Crippen molar-refractivity contribution in [1.82, 2.24) is 10.2 Å². The largest absolute Gasteiger partial charge is 0.472 e. The molecule has 1 aromatic rings. The third-order valence-electron chi connectivity index (χ3n) is 2.53. The van der Waals surface area contributed by atoms with Crippen LogP contribution in [0.4, 0.5) is 0 Å². The highest BCUT2D eigenvalue weighted by Crippen LogP contribution is 2.10. The average Bonchev–Trinajstić information content (AvgIpc) is 2.70. The molecule has 1 N–H and O–H groups in total. The molecule has 2 rings (SSSR count). The predicted octanol–water partition coefficient (Wildman–Crippen LogP) is 0.713. The molecule has 0 saturated carbocycles. The number of hydrogen-bond donors (Lipinski definition) is 1. The first kappa shape index (κ1) is 9.27. The van der Waals surface area contributed by atoms with Gasteiger partial charge in [-0.3, -0.25) is 4.79 Å². The number of carbonyl (C=O) groups is 1. The van der Waals surface area contributed by atoms with Crippen LogP contribution in [-0.4, -0.2) is 36.5 Å². The molecule has 0 aliphatic carbocycles. The van der Waals surface area contributed by atoms with E-state index in [2.05, 4.69) is 5.32 Å². The van der Waals surface area contributed by atoms with Crippen LogP contribution >= 0.6 is 0 Å². The molecule has 1 aromatic heterocycles. The van der Waals surface area contributed by atoms with Crippen molar-refractivity contribution in [2.75, 3.05) is 19.6 Å². The molecule has 4 nitrogen and oxygen atoms in total. The third-order valence-corrected chi connectivity index (χ3v) is 2.53. The van der Waals surface area contributed by atoms with Crippen LogP contribution in [0.3, 0.4) is 0 Å². The van der Waals surface area contributed by atoms with E-state index < -0.39 is 0 Å². The lowest BCUT2D eigenvalue weighted by atomic mass is 10.2. The van der Waals surface area contributed by atoms with Crippen molar-refractivity contribution in [3.63, 3.8) is 0 Å². The van der Waals surface area contributed by atoms with Gasteiger partial charge in [0, 0.05) is 25.7 Å². The van der Waals surface area contributed by atoms with Gasteiger partial charge < -0.3 is 14.6 Å². The van der Waals surface area contributed by atoms with Crippen LogP contribution in [0.25, 0.3) is 0 Å². The number of amides is 1. The van der Waals surface area contributed by atoms with Gasteiger partial charge in [-0.05, 0) is 13.0 Å². The fraction of sp³-hybridized carbons (Fsp3) is 0.500. The highest BCUT2D eigenvalue weighted by Gasteiger charge is 2.24. The molecule has 1 aliphatic rings. The van der Waals surface area contributed by atoms with Crippen LogP contribution < -0.4 is 5.32 Å². The lowest BCUT2D eigenvalue weighted by molar-refractivity contribution is 0.0655. The Balaban J connectivity index is 2.10. The van der Waals surface area contributed by atoms with Crippen molar-refractivity contribution < 1.29 is 9.21 Å². The van der Waals surface area contributed by atoms with Gasteiger partial charge in [0.05, 0.1) is 11.8 Å². The second-order valence-electron chi connectivity index (χ2n) is 3.56. The summed E-state index contributed by atoms with van der Waals surface area (Å²) in [6.45, 7) is 4.55. The van der Waals surface area contributed by atoms with E-state index in [0.29, 0.717) is 5.56 Å². The molecule has 1 aliphatic heterocycles. The minimum atomic E-state index is 0.0627. The number of piperazine rings is 1. The zero-order valence-electron chi connectivity index (χ0n) is 8.19. The van der Waals surface area contributed by atoms with Gasteiger partial charge in [-0.15, -0.1) is 0 Å². The molecular weight excluding hydrogens is 180 g/mol. The van der Waals surface area contributed by atoms with Crippen LogP contribution in [0.5, 0.6) is 0 Å². The summed E-state index contributed by atoms with van der Waals surface area (Å²) in [5.74, 6) is 0.0627. The fourth-order valence-electron chi connectivity index (χ4n) is 1.69. The molecule has 1 atom stereocenters. The van der Waals surface area contributed by atoms with Crippen molar-refractivity contribution in [2.24, 2.45) is 0 Å². The van der Waals surface area contributed by atoms with Crippen LogP contribution in [0, 0.1) is 0 Å². The molecule has 0 bridgehead atoms. The SMILES string of the molecule is C[C@H]1CNCCN1C(=O)c1ccoc1. The minimum Gasteiger partial charge on any atom is -0.472 e. The van der Waals surface area contributed by atoms with Crippen molar-refractivity contribution in [1.29, 1.82) is 0 Å². The first-order valence-electron chi connectivity index (χ1n) is 4.83. The summed E-state index contributed by atoms with van der Waals surface area (Å²) >= 11 is 0. The van der Waals surface area contributed by atoms with E-state index in [9.17, 15) is 4.79 Å². The summed E-state index contributed by atoms with van der Waals surface area (Å²) in [5, 5.41) is 3.25. The number of rotatable bonds is 1. The third kappa shape index (κ3) is 1.65. The maximum Gasteiger partial charge on any atom is 0.257 e. The van der Waals surface area contributed by atoms with Gasteiger partial charge in [0.15, 0.2) is 0 Å². The summed E-state index contributed by atoms with van der Waals surface area (Å²) in [6, 6.07) is 1.96. The quantitative estimate of drug-likeness (QED) is 0.716. The van der Waals surface area contributed by atoms with E-state index in [-0.39, 0.29) is 11.9 Å². The Kier molecular flexibility index (Phi) is 2.54. The zero-order chi connectivity index (χ0) is 9.97. The van der Waals surface area contributed by atoms with Crippen LogP contribution in [0.1, 0.15) is 17.3 Å². The Morgan fingerprint density at radius 3 is 3.21 bits per heavy atom. The first-order valence-corrected chi connectivity index (χ1v) is 4.83. The summed E-state index contributed by atoms with van der Waals surface area (Å²) in [7, 11) is 0. The van der Waals surface area contributed by atoms with Gasteiger partial charge in [0.1, 0.15) is 6.26 Å². The minimum absolute atomic E-state index is 0.0627. The Labute approximate surface area is 82.9 Å². The summed E-state index contributed by atoms with van der Waals surface area (Å²) < 4.78 is 4.90. The summed E-state index contributed by atoms with van der Waals surface area (Å²) in [4.78, 5) is 13.8. The molecule has 0 radical (unpaired) electrons. The zero-order valence-corrected chi connectivity index (χ0v) is 8.19. The Hall–Kier alpha value is -1.29. The van der Waals surface area contributed by atoms with Crippen molar-refractivity contribution in [2.45, 2.75) is 13.0 Å². The highest BCUT2D eigenvalue weighted by molar-refractivity contribution is 5.94. The van der Waals surface area contributed by atoms with Crippen molar-refractivity contribution in [3.8, 4) is 0 Å². The van der Waals surface area contributed by atoms with E-state index in [1.165, 1.54) is 12.5 Å². The second-order valence-corrected chi connectivity index (χ2v) is 3.56. The van der Waals surface area contributed by atoms with Gasteiger partial charge in [-0.2, -0.15) is 0 Å². The molecule has 1 fully saturated rings. The lowest BCUT2D eigenvalue weighted by Crippen LogP contribution is -2.52. The van der Waals surface area contributed by atoms with E-state index >= 15 is 0 Å². The number of furan rings is 1. The molecule has 2 heterocycles. The predicted molar refractivity (Wildman–Crippen MR) is 52.1 cm³/mol. The second kappa shape index (κ2) is 3.84. The Morgan fingerprint density at radius 2 is 2.57 bits per heavy atom. The highest BCUT2D eigenvalue weighted by atomic mass is 16.3. The average molecular weight is 194 g/mol. The molecule has 0 unspecified atom stereocenters.